The number of nitrogens with zero attached hydrogens (tertiary/aromatic N) is 1. The highest BCUT2D eigenvalue weighted by molar-refractivity contribution is 5.78. The van der Waals surface area contributed by atoms with E-state index in [0.29, 0.717) is 31.0 Å². The fourth-order valence-electron chi connectivity index (χ4n) is 3.45. The second kappa shape index (κ2) is 4.97. The minimum absolute atomic E-state index is 0.147. The van der Waals surface area contributed by atoms with Crippen LogP contribution >= 0.6 is 0 Å². The third-order valence-electron chi connectivity index (χ3n) is 4.85. The highest BCUT2D eigenvalue weighted by Crippen LogP contribution is 2.43. The van der Waals surface area contributed by atoms with Gasteiger partial charge in [-0.05, 0) is 57.9 Å². The molecule has 0 bridgehead atoms. The molecular weight excluding hydrogens is 212 g/mol. The summed E-state index contributed by atoms with van der Waals surface area (Å²) in [5, 5.41) is 0. The van der Waals surface area contributed by atoms with Crippen molar-refractivity contribution in [2.45, 2.75) is 70.9 Å². The Morgan fingerprint density at radius 1 is 1.24 bits per heavy atom. The van der Waals surface area contributed by atoms with E-state index in [1.807, 2.05) is 0 Å². The van der Waals surface area contributed by atoms with Crippen LogP contribution in [0.3, 0.4) is 0 Å². The normalized spacial score (nSPS) is 32.1. The zero-order chi connectivity index (χ0) is 12.5. The number of carbonyl (C=O) groups is 1. The van der Waals surface area contributed by atoms with E-state index in [0.717, 1.165) is 25.7 Å². The van der Waals surface area contributed by atoms with Gasteiger partial charge in [0.2, 0.25) is 5.91 Å². The molecule has 17 heavy (non-hydrogen) atoms. The van der Waals surface area contributed by atoms with Crippen molar-refractivity contribution in [3.63, 3.8) is 0 Å². The lowest BCUT2D eigenvalue weighted by molar-refractivity contribution is -0.141. The first-order valence-electron chi connectivity index (χ1n) is 7.09. The molecule has 0 aromatic rings. The Kier molecular flexibility index (Phi) is 3.76. The van der Waals surface area contributed by atoms with Gasteiger partial charge in [0.05, 0.1) is 0 Å². The third kappa shape index (κ3) is 2.49. The van der Waals surface area contributed by atoms with Crippen LogP contribution in [0, 0.1) is 5.41 Å². The van der Waals surface area contributed by atoms with E-state index < -0.39 is 0 Å². The molecule has 1 aliphatic carbocycles. The van der Waals surface area contributed by atoms with E-state index in [2.05, 4.69) is 18.7 Å². The fourth-order valence-corrected chi connectivity index (χ4v) is 3.45. The summed E-state index contributed by atoms with van der Waals surface area (Å²) in [6, 6.07) is 0.835. The minimum atomic E-state index is 0.147. The van der Waals surface area contributed by atoms with Gasteiger partial charge in [0.15, 0.2) is 0 Å². The summed E-state index contributed by atoms with van der Waals surface area (Å²) in [5.41, 5.74) is 5.99. The highest BCUT2D eigenvalue weighted by atomic mass is 16.2. The summed E-state index contributed by atoms with van der Waals surface area (Å²) in [5.74, 6) is 0.342. The maximum atomic E-state index is 12.5. The fraction of sp³-hybridized carbons (Fsp3) is 0.929. The van der Waals surface area contributed by atoms with Crippen LogP contribution in [0.1, 0.15) is 58.8 Å². The standard InChI is InChI=1S/C14H26N2O/c1-11-5-3-6-12(2)16(11)13(17)9-14(10-15)7-4-8-14/h11-12H,3-10,15H2,1-2H3. The largest absolute Gasteiger partial charge is 0.337 e. The van der Waals surface area contributed by atoms with Gasteiger partial charge in [-0.25, -0.2) is 0 Å². The molecule has 98 valence electrons. The van der Waals surface area contributed by atoms with E-state index in [-0.39, 0.29) is 5.41 Å². The van der Waals surface area contributed by atoms with Crippen molar-refractivity contribution in [3.05, 3.63) is 0 Å². The lowest BCUT2D eigenvalue weighted by Crippen LogP contribution is -2.50. The number of carbonyl (C=O) groups excluding carboxylic acids is 1. The molecule has 2 N–H and O–H groups in total. The van der Waals surface area contributed by atoms with Crippen molar-refractivity contribution in [2.24, 2.45) is 11.1 Å². The molecule has 1 amide bonds. The lowest BCUT2D eigenvalue weighted by Gasteiger charge is -2.45. The van der Waals surface area contributed by atoms with Crippen LogP contribution in [0.25, 0.3) is 0 Å². The molecule has 1 heterocycles. The van der Waals surface area contributed by atoms with Crippen molar-refractivity contribution in [2.75, 3.05) is 6.54 Å². The number of amides is 1. The predicted molar refractivity (Wildman–Crippen MR) is 69.6 cm³/mol. The van der Waals surface area contributed by atoms with Crippen LogP contribution in [-0.4, -0.2) is 29.4 Å². The molecule has 3 heteroatoms. The molecule has 0 spiro atoms. The molecule has 2 aliphatic rings. The van der Waals surface area contributed by atoms with Gasteiger partial charge in [0.1, 0.15) is 0 Å². The third-order valence-corrected chi connectivity index (χ3v) is 4.85. The summed E-state index contributed by atoms with van der Waals surface area (Å²) in [4.78, 5) is 14.6. The van der Waals surface area contributed by atoms with Gasteiger partial charge in [0.25, 0.3) is 0 Å². The van der Waals surface area contributed by atoms with E-state index in [4.69, 9.17) is 5.73 Å². The van der Waals surface area contributed by atoms with Crippen LogP contribution in [-0.2, 0) is 4.79 Å². The van der Waals surface area contributed by atoms with Crippen LogP contribution in [0.4, 0.5) is 0 Å². The van der Waals surface area contributed by atoms with E-state index in [9.17, 15) is 4.79 Å². The number of piperidine rings is 1. The second-order valence-corrected chi connectivity index (χ2v) is 6.16. The maximum Gasteiger partial charge on any atom is 0.223 e. The van der Waals surface area contributed by atoms with Gasteiger partial charge in [0, 0.05) is 18.5 Å². The SMILES string of the molecule is CC1CCCC(C)N1C(=O)CC1(CN)CCC1. The molecule has 3 nitrogen and oxygen atoms in total. The zero-order valence-electron chi connectivity index (χ0n) is 11.2. The average molecular weight is 238 g/mol. The van der Waals surface area contributed by atoms with Gasteiger partial charge in [-0.2, -0.15) is 0 Å². The van der Waals surface area contributed by atoms with Crippen molar-refractivity contribution in [1.82, 2.24) is 4.90 Å². The summed E-state index contributed by atoms with van der Waals surface area (Å²) in [6.07, 6.45) is 7.79. The van der Waals surface area contributed by atoms with Gasteiger partial charge in [-0.15, -0.1) is 0 Å². The Labute approximate surface area is 105 Å². The topological polar surface area (TPSA) is 46.3 Å². The molecule has 0 aromatic carbocycles. The Hall–Kier alpha value is -0.570. The molecule has 2 fully saturated rings. The van der Waals surface area contributed by atoms with Gasteiger partial charge in [-0.1, -0.05) is 6.42 Å². The Balaban J connectivity index is 1.98. The molecule has 2 atom stereocenters. The Morgan fingerprint density at radius 2 is 1.82 bits per heavy atom. The summed E-state index contributed by atoms with van der Waals surface area (Å²) >= 11 is 0. The summed E-state index contributed by atoms with van der Waals surface area (Å²) in [7, 11) is 0. The monoisotopic (exact) mass is 238 g/mol. The van der Waals surface area contributed by atoms with Crippen molar-refractivity contribution >= 4 is 5.91 Å². The Morgan fingerprint density at radius 3 is 2.24 bits per heavy atom. The molecule has 0 aromatic heterocycles. The first-order valence-corrected chi connectivity index (χ1v) is 7.09. The zero-order valence-corrected chi connectivity index (χ0v) is 11.2. The number of rotatable bonds is 3. The molecule has 0 radical (unpaired) electrons. The molecule has 1 saturated heterocycles. The smallest absolute Gasteiger partial charge is 0.223 e. The Bertz CT molecular complexity index is 270. The van der Waals surface area contributed by atoms with Crippen LogP contribution in [0.5, 0.6) is 0 Å². The maximum absolute atomic E-state index is 12.5. The summed E-state index contributed by atoms with van der Waals surface area (Å²) < 4.78 is 0. The van der Waals surface area contributed by atoms with Gasteiger partial charge < -0.3 is 10.6 Å². The number of hydrogen-bond donors (Lipinski definition) is 1. The van der Waals surface area contributed by atoms with E-state index in [1.54, 1.807) is 0 Å². The first-order chi connectivity index (χ1) is 8.08. The van der Waals surface area contributed by atoms with Gasteiger partial charge >= 0.3 is 0 Å². The molecule has 1 saturated carbocycles. The van der Waals surface area contributed by atoms with Crippen molar-refractivity contribution in [1.29, 1.82) is 0 Å². The first kappa shape index (κ1) is 12.9. The highest BCUT2D eigenvalue weighted by Gasteiger charge is 2.40. The van der Waals surface area contributed by atoms with Crippen molar-refractivity contribution in [3.8, 4) is 0 Å². The number of hydrogen-bond acceptors (Lipinski definition) is 2. The number of likely N-dealkylation sites (tertiary alicyclic amines) is 1. The van der Waals surface area contributed by atoms with Crippen LogP contribution in [0.15, 0.2) is 0 Å². The van der Waals surface area contributed by atoms with Crippen LogP contribution < -0.4 is 5.73 Å². The molecule has 1 aliphatic heterocycles. The molecule has 2 rings (SSSR count). The molecule has 2 unspecified atom stereocenters. The van der Waals surface area contributed by atoms with E-state index >= 15 is 0 Å². The lowest BCUT2D eigenvalue weighted by atomic mass is 9.66. The summed E-state index contributed by atoms with van der Waals surface area (Å²) in [6.45, 7) is 5.04. The van der Waals surface area contributed by atoms with Crippen LogP contribution in [0.2, 0.25) is 0 Å². The average Bonchev–Trinajstić information content (AvgIpc) is 2.23. The predicted octanol–water partition coefficient (Wildman–Crippen LogP) is 2.29. The van der Waals surface area contributed by atoms with Crippen molar-refractivity contribution < 1.29 is 4.79 Å². The second-order valence-electron chi connectivity index (χ2n) is 6.16. The number of nitrogens with two attached hydrogens (primary N) is 1. The quantitative estimate of drug-likeness (QED) is 0.820. The molecular formula is C14H26N2O. The van der Waals surface area contributed by atoms with Gasteiger partial charge in [-0.3, -0.25) is 4.79 Å². The minimum Gasteiger partial charge on any atom is -0.337 e. The van der Waals surface area contributed by atoms with E-state index in [1.165, 1.54) is 12.8 Å².